The predicted octanol–water partition coefficient (Wildman–Crippen LogP) is 4.01. The molecule has 0 bridgehead atoms. The minimum Gasteiger partial charge on any atom is -0.294 e. The minimum atomic E-state index is -0.0444. The number of aromatic nitrogens is 3. The molecule has 3 aromatic rings. The van der Waals surface area contributed by atoms with Crippen LogP contribution in [0.2, 0.25) is 0 Å². The highest BCUT2D eigenvalue weighted by Crippen LogP contribution is 2.35. The van der Waals surface area contributed by atoms with Gasteiger partial charge < -0.3 is 0 Å². The van der Waals surface area contributed by atoms with Crippen LogP contribution in [-0.2, 0) is 24.1 Å². The Bertz CT molecular complexity index is 1160. The van der Waals surface area contributed by atoms with Crippen molar-refractivity contribution in [1.29, 1.82) is 5.26 Å². The van der Waals surface area contributed by atoms with E-state index in [4.69, 9.17) is 0 Å². The second-order valence-electron chi connectivity index (χ2n) is 7.79. The van der Waals surface area contributed by atoms with Crippen LogP contribution >= 0.6 is 11.9 Å². The zero-order valence-corrected chi connectivity index (χ0v) is 17.3. The summed E-state index contributed by atoms with van der Waals surface area (Å²) < 4.78 is 4.93. The Morgan fingerprint density at radius 1 is 1.27 bits per heavy atom. The molecule has 5 rings (SSSR count). The van der Waals surface area contributed by atoms with Gasteiger partial charge in [0.25, 0.3) is 0 Å². The maximum Gasteiger partial charge on any atom is 0.234 e. The molecule has 150 valence electrons. The van der Waals surface area contributed by atoms with Gasteiger partial charge in [-0.05, 0) is 78.1 Å². The van der Waals surface area contributed by atoms with Crippen molar-refractivity contribution in [3.05, 3.63) is 65.1 Å². The van der Waals surface area contributed by atoms with Crippen molar-refractivity contribution in [1.82, 2.24) is 19.5 Å². The summed E-state index contributed by atoms with van der Waals surface area (Å²) in [5, 5.41) is 14.5. The summed E-state index contributed by atoms with van der Waals surface area (Å²) in [6, 6.07) is 12.5. The molecule has 1 aromatic carbocycles. The molecule has 1 N–H and O–H groups in total. The number of rotatable bonds is 6. The maximum absolute atomic E-state index is 12.8. The van der Waals surface area contributed by atoms with Gasteiger partial charge in [-0.1, -0.05) is 12.1 Å². The summed E-state index contributed by atoms with van der Waals surface area (Å²) in [6.45, 7) is 0. The van der Waals surface area contributed by atoms with Crippen molar-refractivity contribution in [3.8, 4) is 17.2 Å². The smallest absolute Gasteiger partial charge is 0.234 e. The molecule has 1 fully saturated rings. The number of aryl methyl sites for hydroxylation is 1. The number of nitriles is 1. The molecule has 0 unspecified atom stereocenters. The van der Waals surface area contributed by atoms with E-state index in [2.05, 4.69) is 33.0 Å². The van der Waals surface area contributed by atoms with Gasteiger partial charge in [0.05, 0.1) is 12.5 Å². The van der Waals surface area contributed by atoms with E-state index in [1.807, 2.05) is 23.0 Å². The third-order valence-electron chi connectivity index (χ3n) is 5.70. The van der Waals surface area contributed by atoms with Crippen LogP contribution in [0.15, 0.2) is 47.8 Å². The van der Waals surface area contributed by atoms with Crippen LogP contribution in [0.5, 0.6) is 0 Å². The van der Waals surface area contributed by atoms with Gasteiger partial charge in [-0.25, -0.2) is 4.98 Å². The quantitative estimate of drug-likeness (QED) is 0.615. The summed E-state index contributed by atoms with van der Waals surface area (Å²) in [5.41, 5.74) is 5.97. The van der Waals surface area contributed by atoms with Crippen LogP contribution in [0.4, 0.5) is 0 Å². The maximum atomic E-state index is 12.8. The Balaban J connectivity index is 1.37. The first-order valence-electron chi connectivity index (χ1n) is 10.2. The van der Waals surface area contributed by atoms with Crippen LogP contribution in [0, 0.1) is 11.3 Å². The fourth-order valence-corrected chi connectivity index (χ4v) is 4.65. The molecule has 0 spiro atoms. The SMILES string of the molecule is N#Cc1cc(-c2ccc3c(c2CC(=O)NSc2ccn(C4CC4)n2)CCC3)ccn1. The summed E-state index contributed by atoms with van der Waals surface area (Å²) >= 11 is 1.27. The fraction of sp³-hybridized carbons (Fsp3) is 0.304. The highest BCUT2D eigenvalue weighted by Gasteiger charge is 2.24. The predicted molar refractivity (Wildman–Crippen MR) is 115 cm³/mol. The molecule has 0 atom stereocenters. The number of pyridine rings is 1. The van der Waals surface area contributed by atoms with Crippen molar-refractivity contribution in [2.24, 2.45) is 0 Å². The van der Waals surface area contributed by atoms with E-state index in [-0.39, 0.29) is 5.91 Å². The van der Waals surface area contributed by atoms with Crippen molar-refractivity contribution in [3.63, 3.8) is 0 Å². The average Bonchev–Trinajstić information content (AvgIpc) is 3.31. The van der Waals surface area contributed by atoms with E-state index < -0.39 is 0 Å². The molecule has 7 heteroatoms. The summed E-state index contributed by atoms with van der Waals surface area (Å²) in [4.78, 5) is 16.9. The first-order valence-corrected chi connectivity index (χ1v) is 11.0. The molecule has 1 amide bonds. The number of nitrogens with zero attached hydrogens (tertiary/aromatic N) is 4. The molecule has 2 aliphatic rings. The molecule has 1 saturated carbocycles. The van der Waals surface area contributed by atoms with E-state index in [0.717, 1.165) is 41.0 Å². The zero-order chi connectivity index (χ0) is 20.5. The Kier molecular flexibility index (Phi) is 5.01. The van der Waals surface area contributed by atoms with Crippen molar-refractivity contribution in [2.45, 2.75) is 49.6 Å². The van der Waals surface area contributed by atoms with Gasteiger partial charge in [0.15, 0.2) is 0 Å². The molecular weight excluding hydrogens is 394 g/mol. The lowest BCUT2D eigenvalue weighted by molar-refractivity contribution is -0.118. The van der Waals surface area contributed by atoms with Gasteiger partial charge in [0, 0.05) is 24.3 Å². The molecule has 0 aliphatic heterocycles. The van der Waals surface area contributed by atoms with Gasteiger partial charge in [-0.15, -0.1) is 0 Å². The van der Waals surface area contributed by atoms with E-state index in [9.17, 15) is 10.1 Å². The lowest BCUT2D eigenvalue weighted by Crippen LogP contribution is -2.19. The second kappa shape index (κ2) is 7.96. The van der Waals surface area contributed by atoms with Crippen molar-refractivity contribution in [2.75, 3.05) is 0 Å². The lowest BCUT2D eigenvalue weighted by Gasteiger charge is -2.15. The molecule has 30 heavy (non-hydrogen) atoms. The number of nitrogens with one attached hydrogen (secondary N) is 1. The largest absolute Gasteiger partial charge is 0.294 e. The van der Waals surface area contributed by atoms with E-state index >= 15 is 0 Å². The minimum absolute atomic E-state index is 0.0444. The molecule has 0 saturated heterocycles. The van der Waals surface area contributed by atoms with Crippen LogP contribution in [0.1, 0.15) is 47.7 Å². The normalized spacial score (nSPS) is 14.9. The van der Waals surface area contributed by atoms with E-state index in [1.54, 1.807) is 12.3 Å². The Morgan fingerprint density at radius 2 is 2.17 bits per heavy atom. The molecule has 2 aliphatic carbocycles. The third kappa shape index (κ3) is 3.83. The number of hydrogen-bond acceptors (Lipinski definition) is 5. The van der Waals surface area contributed by atoms with Crippen LogP contribution in [-0.4, -0.2) is 20.7 Å². The van der Waals surface area contributed by atoms with Crippen LogP contribution in [0.3, 0.4) is 0 Å². The Morgan fingerprint density at radius 3 is 3.00 bits per heavy atom. The van der Waals surface area contributed by atoms with Crippen molar-refractivity contribution < 1.29 is 4.79 Å². The first-order chi connectivity index (χ1) is 14.7. The van der Waals surface area contributed by atoms with Gasteiger partial charge in [-0.2, -0.15) is 10.4 Å². The highest BCUT2D eigenvalue weighted by atomic mass is 32.2. The van der Waals surface area contributed by atoms with Crippen LogP contribution < -0.4 is 4.72 Å². The standard InChI is InChI=1S/C23H21N5OS/c24-14-17-12-16(8-10-25-17)20-7-4-15-2-1-3-19(15)21(20)13-22(29)27-30-23-9-11-28(26-23)18-5-6-18/h4,7-12,18H,1-3,5-6,13H2,(H,27,29). The van der Waals surface area contributed by atoms with E-state index in [0.29, 0.717) is 18.2 Å². The number of benzene rings is 1. The number of fused-ring (bicyclic) bond motifs is 1. The zero-order valence-electron chi connectivity index (χ0n) is 16.5. The summed E-state index contributed by atoms with van der Waals surface area (Å²) in [5.74, 6) is -0.0444. The monoisotopic (exact) mass is 415 g/mol. The van der Waals surface area contributed by atoms with Gasteiger partial charge in [-0.3, -0.25) is 14.2 Å². The Labute approximate surface area is 179 Å². The Hall–Kier alpha value is -3.11. The third-order valence-corrected chi connectivity index (χ3v) is 6.45. The summed E-state index contributed by atoms with van der Waals surface area (Å²) in [6.07, 6.45) is 9.45. The van der Waals surface area contributed by atoms with Crippen molar-refractivity contribution >= 4 is 17.9 Å². The molecule has 2 aromatic heterocycles. The average molecular weight is 416 g/mol. The molecule has 0 radical (unpaired) electrons. The first kappa shape index (κ1) is 18.9. The number of carbonyl (C=O) groups is 1. The lowest BCUT2D eigenvalue weighted by atomic mass is 9.91. The topological polar surface area (TPSA) is 83.6 Å². The fourth-order valence-electron chi connectivity index (χ4n) is 4.10. The van der Waals surface area contributed by atoms with Gasteiger partial charge in [0.2, 0.25) is 5.91 Å². The molecule has 2 heterocycles. The molecule has 6 nitrogen and oxygen atoms in total. The van der Waals surface area contributed by atoms with Gasteiger partial charge in [0.1, 0.15) is 16.8 Å². The van der Waals surface area contributed by atoms with Crippen LogP contribution in [0.25, 0.3) is 11.1 Å². The van der Waals surface area contributed by atoms with E-state index in [1.165, 1.54) is 35.9 Å². The number of hydrogen-bond donors (Lipinski definition) is 1. The second-order valence-corrected chi connectivity index (χ2v) is 8.62. The summed E-state index contributed by atoms with van der Waals surface area (Å²) in [7, 11) is 0. The number of amides is 1. The molecular formula is C23H21N5OS. The number of carbonyl (C=O) groups excluding carboxylic acids is 1. The van der Waals surface area contributed by atoms with Gasteiger partial charge >= 0.3 is 0 Å². The highest BCUT2D eigenvalue weighted by molar-refractivity contribution is 7.97.